The summed E-state index contributed by atoms with van der Waals surface area (Å²) in [5, 5.41) is 11.8. The number of carbonyl (C=O) groups excluding carboxylic acids is 2. The zero-order chi connectivity index (χ0) is 30.7. The van der Waals surface area contributed by atoms with Crippen molar-refractivity contribution in [3.05, 3.63) is 59.7 Å². The van der Waals surface area contributed by atoms with Gasteiger partial charge in [-0.25, -0.2) is 9.59 Å². The summed E-state index contributed by atoms with van der Waals surface area (Å²) in [6, 6.07) is 9.36. The number of carboxylic acids is 1. The van der Waals surface area contributed by atoms with Crippen molar-refractivity contribution in [1.82, 2.24) is 10.1 Å². The molecule has 0 aromatic heterocycles. The SMILES string of the molecule is CCC(C)C1(c2ccccc2)CN(B(C)[S+]([O-])C/C=C\C=C(/C)CC(NC(=O)OC(C)OC(=O)C(C)C)C(=O)O)C1. The van der Waals surface area contributed by atoms with Crippen molar-refractivity contribution in [3.8, 4) is 0 Å². The Balaban J connectivity index is 1.86. The third-order valence-electron chi connectivity index (χ3n) is 7.69. The van der Waals surface area contributed by atoms with Crippen molar-refractivity contribution in [3.63, 3.8) is 0 Å². The van der Waals surface area contributed by atoms with Crippen LogP contribution < -0.4 is 5.32 Å². The van der Waals surface area contributed by atoms with Gasteiger partial charge < -0.3 is 24.4 Å². The van der Waals surface area contributed by atoms with Gasteiger partial charge in [-0.1, -0.05) is 82.2 Å². The highest BCUT2D eigenvalue weighted by Crippen LogP contribution is 2.43. The van der Waals surface area contributed by atoms with Crippen LogP contribution in [-0.4, -0.2) is 69.8 Å². The Morgan fingerprint density at radius 2 is 1.80 bits per heavy atom. The first kappa shape index (κ1) is 34.4. The molecular formula is C30H45BN2O7S. The maximum absolute atomic E-state index is 13.0. The van der Waals surface area contributed by atoms with Crippen LogP contribution in [0.1, 0.15) is 59.9 Å². The van der Waals surface area contributed by atoms with Gasteiger partial charge in [0.05, 0.1) is 5.92 Å². The number of alkyl carbamates (subject to hydrolysis) is 1. The number of nitrogens with one attached hydrogen (secondary N) is 1. The van der Waals surface area contributed by atoms with E-state index in [9.17, 15) is 24.0 Å². The van der Waals surface area contributed by atoms with Crippen LogP contribution in [0.15, 0.2) is 54.1 Å². The molecule has 2 rings (SSSR count). The van der Waals surface area contributed by atoms with Crippen molar-refractivity contribution in [1.29, 1.82) is 0 Å². The topological polar surface area (TPSA) is 128 Å². The summed E-state index contributed by atoms with van der Waals surface area (Å²) in [6.45, 7) is 14.7. The van der Waals surface area contributed by atoms with Gasteiger partial charge in [0.1, 0.15) is 11.8 Å². The molecule has 1 amide bonds. The summed E-state index contributed by atoms with van der Waals surface area (Å²) >= 11 is -1.10. The summed E-state index contributed by atoms with van der Waals surface area (Å²) in [4.78, 5) is 37.7. The molecule has 1 heterocycles. The number of esters is 1. The number of allylic oxidation sites excluding steroid dienone is 2. The second-order valence-electron chi connectivity index (χ2n) is 11.1. The molecule has 41 heavy (non-hydrogen) atoms. The largest absolute Gasteiger partial charge is 0.634 e. The van der Waals surface area contributed by atoms with Crippen molar-refractivity contribution in [2.24, 2.45) is 11.8 Å². The first-order chi connectivity index (χ1) is 19.3. The Bertz CT molecular complexity index is 1080. The van der Waals surface area contributed by atoms with E-state index in [-0.39, 0.29) is 23.9 Å². The highest BCUT2D eigenvalue weighted by Gasteiger charge is 2.52. The molecule has 0 saturated carbocycles. The van der Waals surface area contributed by atoms with Crippen LogP contribution in [0.25, 0.3) is 0 Å². The molecular weight excluding hydrogens is 543 g/mol. The fourth-order valence-corrected chi connectivity index (χ4v) is 5.87. The molecule has 9 nitrogen and oxygen atoms in total. The number of benzene rings is 1. The van der Waals surface area contributed by atoms with Crippen molar-refractivity contribution in [2.75, 3.05) is 18.8 Å². The van der Waals surface area contributed by atoms with E-state index in [4.69, 9.17) is 9.47 Å². The third-order valence-corrected chi connectivity index (χ3v) is 9.27. The number of amides is 1. The van der Waals surface area contributed by atoms with Gasteiger partial charge in [-0.3, -0.25) is 9.61 Å². The molecule has 4 unspecified atom stereocenters. The van der Waals surface area contributed by atoms with Crippen LogP contribution in [0.5, 0.6) is 0 Å². The Hall–Kier alpha value is -2.76. The number of rotatable bonds is 15. The van der Waals surface area contributed by atoms with Crippen LogP contribution >= 0.6 is 0 Å². The van der Waals surface area contributed by atoms with E-state index < -0.39 is 41.4 Å². The first-order valence-corrected chi connectivity index (χ1v) is 15.6. The zero-order valence-electron chi connectivity index (χ0n) is 25.3. The van der Waals surface area contributed by atoms with Gasteiger partial charge in [-0.2, -0.15) is 0 Å². The monoisotopic (exact) mass is 588 g/mol. The number of ether oxygens (including phenoxy) is 2. The molecule has 1 saturated heterocycles. The Kier molecular flexibility index (Phi) is 13.5. The summed E-state index contributed by atoms with van der Waals surface area (Å²) in [5.41, 5.74) is 2.13. The van der Waals surface area contributed by atoms with E-state index in [1.165, 1.54) is 12.5 Å². The fourth-order valence-electron chi connectivity index (χ4n) is 4.80. The maximum Gasteiger partial charge on any atom is 0.497 e. The lowest BCUT2D eigenvalue weighted by Gasteiger charge is -2.54. The molecule has 1 aliphatic rings. The molecule has 0 bridgehead atoms. The predicted molar refractivity (Wildman–Crippen MR) is 163 cm³/mol. The second kappa shape index (κ2) is 16.0. The maximum atomic E-state index is 13.0. The molecule has 1 aliphatic heterocycles. The van der Waals surface area contributed by atoms with Crippen molar-refractivity contribution < 1.29 is 33.5 Å². The molecule has 0 radical (unpaired) electrons. The summed E-state index contributed by atoms with van der Waals surface area (Å²) in [6.07, 6.45) is 4.21. The van der Waals surface area contributed by atoms with Crippen LogP contribution in [0.3, 0.4) is 0 Å². The molecule has 1 aromatic carbocycles. The first-order valence-electron chi connectivity index (χ1n) is 14.2. The number of aliphatic carboxylic acids is 1. The van der Waals surface area contributed by atoms with Gasteiger partial charge >= 0.3 is 24.2 Å². The number of carboxylic acid groups (broad SMARTS) is 1. The quantitative estimate of drug-likeness (QED) is 0.0986. The van der Waals surface area contributed by atoms with E-state index >= 15 is 0 Å². The Morgan fingerprint density at radius 1 is 1.17 bits per heavy atom. The highest BCUT2D eigenvalue weighted by atomic mass is 32.2. The van der Waals surface area contributed by atoms with Gasteiger partial charge in [-0.15, -0.1) is 11.0 Å². The van der Waals surface area contributed by atoms with Gasteiger partial charge in [0.25, 0.3) is 0 Å². The average molecular weight is 589 g/mol. The zero-order valence-corrected chi connectivity index (χ0v) is 26.1. The number of hydrogen-bond acceptors (Lipinski definition) is 7. The second-order valence-corrected chi connectivity index (χ2v) is 12.9. The summed E-state index contributed by atoms with van der Waals surface area (Å²) < 4.78 is 22.9. The molecule has 11 heteroatoms. The summed E-state index contributed by atoms with van der Waals surface area (Å²) in [7, 11) is 0. The molecule has 226 valence electrons. The molecule has 0 aliphatic carbocycles. The van der Waals surface area contributed by atoms with Gasteiger partial charge in [0.15, 0.2) is 0 Å². The molecule has 1 fully saturated rings. The van der Waals surface area contributed by atoms with Gasteiger partial charge in [-0.05, 0) is 37.7 Å². The predicted octanol–water partition coefficient (Wildman–Crippen LogP) is 4.77. The van der Waals surface area contributed by atoms with E-state index in [2.05, 4.69) is 48.2 Å². The number of hydrogen-bond donors (Lipinski definition) is 2. The average Bonchev–Trinajstić information content (AvgIpc) is 2.89. The van der Waals surface area contributed by atoms with Crippen LogP contribution in [-0.2, 0) is 35.5 Å². The third kappa shape index (κ3) is 9.93. The van der Waals surface area contributed by atoms with Crippen molar-refractivity contribution >= 4 is 35.2 Å². The van der Waals surface area contributed by atoms with E-state index in [1.54, 1.807) is 32.9 Å². The van der Waals surface area contributed by atoms with Crippen molar-refractivity contribution in [2.45, 2.75) is 79.0 Å². The Labute approximate surface area is 247 Å². The standard InChI is InChI=1S/C30H45BN2O7S/c1-8-23(5)30(25-15-10-9-11-16-25)19-33(20-30)31(7)41(38)17-13-12-14-22(4)18-26(27(34)35)32-29(37)40-24(6)39-28(36)21(2)3/h9-16,21,23-24,26H,8,17-20H2,1-7H3,(H,32,37)(H,34,35)/b13-12-,22-14+. The van der Waals surface area contributed by atoms with E-state index in [0.29, 0.717) is 17.2 Å². The van der Waals surface area contributed by atoms with E-state index in [1.807, 2.05) is 19.0 Å². The molecule has 4 atom stereocenters. The lowest BCUT2D eigenvalue weighted by molar-refractivity contribution is -0.169. The van der Waals surface area contributed by atoms with Crippen LogP contribution in [0, 0.1) is 11.8 Å². The number of nitrogens with zero attached hydrogens (tertiary/aromatic N) is 1. The molecule has 2 N–H and O–H groups in total. The van der Waals surface area contributed by atoms with E-state index in [0.717, 1.165) is 19.5 Å². The van der Waals surface area contributed by atoms with Crippen LogP contribution in [0.2, 0.25) is 6.82 Å². The normalized spacial score (nSPS) is 18.2. The molecule has 0 spiro atoms. The van der Waals surface area contributed by atoms with Gasteiger partial charge in [0, 0.05) is 25.4 Å². The fraction of sp³-hybridized carbons (Fsp3) is 0.567. The van der Waals surface area contributed by atoms with Gasteiger partial charge in [0.2, 0.25) is 6.29 Å². The summed E-state index contributed by atoms with van der Waals surface area (Å²) in [5.74, 6) is -1.24. The minimum atomic E-state index is -1.23. The highest BCUT2D eigenvalue weighted by molar-refractivity contribution is 8.18. The molecule has 1 aromatic rings. The minimum absolute atomic E-state index is 0.0411. The Morgan fingerprint density at radius 3 is 2.37 bits per heavy atom. The lowest BCUT2D eigenvalue weighted by Crippen LogP contribution is -2.67. The lowest BCUT2D eigenvalue weighted by atomic mass is 9.61. The van der Waals surface area contributed by atoms with Crippen LogP contribution in [0.4, 0.5) is 4.79 Å². The number of carbonyl (C=O) groups is 3. The smallest absolute Gasteiger partial charge is 0.497 e. The minimum Gasteiger partial charge on any atom is -0.634 e.